The summed E-state index contributed by atoms with van der Waals surface area (Å²) in [6.07, 6.45) is 0.138. The average molecular weight is 443 g/mol. The van der Waals surface area contributed by atoms with Crippen molar-refractivity contribution in [2.24, 2.45) is 21.1 Å². The fourth-order valence-corrected chi connectivity index (χ4v) is 2.21. The van der Waals surface area contributed by atoms with E-state index in [0.717, 1.165) is 4.43 Å². The lowest BCUT2D eigenvalue weighted by Crippen LogP contribution is -2.22. The maximum absolute atomic E-state index is 11.5. The molecule has 0 atom stereocenters. The van der Waals surface area contributed by atoms with Crippen LogP contribution in [0.2, 0.25) is 0 Å². The van der Waals surface area contributed by atoms with E-state index in [4.69, 9.17) is 5.73 Å². The number of carbonyl (C=O) groups is 3. The molecule has 0 unspecified atom stereocenters. The average Bonchev–Trinajstić information content (AvgIpc) is 2.88. The van der Waals surface area contributed by atoms with Crippen LogP contribution in [0.25, 0.3) is 0 Å². The zero-order valence-corrected chi connectivity index (χ0v) is 14.6. The quantitative estimate of drug-likeness (QED) is 0.172. The number of aliphatic imine (C=N–C) groups is 1. The van der Waals surface area contributed by atoms with Crippen LogP contribution in [0.1, 0.15) is 28.8 Å². The van der Waals surface area contributed by atoms with Gasteiger partial charge in [-0.2, -0.15) is 0 Å². The molecule has 10 heteroatoms. The Hall–Kier alpha value is -2.37. The van der Waals surface area contributed by atoms with Crippen LogP contribution in [0.3, 0.4) is 0 Å². The van der Waals surface area contributed by atoms with Crippen molar-refractivity contribution < 1.29 is 19.5 Å². The lowest BCUT2D eigenvalue weighted by molar-refractivity contribution is -0.138. The van der Waals surface area contributed by atoms with Gasteiger partial charge in [0.1, 0.15) is 11.5 Å². The molecule has 2 amide bonds. The highest BCUT2D eigenvalue weighted by molar-refractivity contribution is 14.1. The minimum atomic E-state index is -1.21. The molecule has 0 bridgehead atoms. The zero-order valence-electron chi connectivity index (χ0n) is 12.5. The molecule has 3 N–H and O–H groups in total. The molecule has 1 aliphatic heterocycles. The Morgan fingerprint density at radius 2 is 1.96 bits per heavy atom. The van der Waals surface area contributed by atoms with Crippen molar-refractivity contribution in [3.8, 4) is 0 Å². The van der Waals surface area contributed by atoms with Gasteiger partial charge in [0.05, 0.1) is 12.1 Å². The first-order valence-electron chi connectivity index (χ1n) is 6.95. The van der Waals surface area contributed by atoms with E-state index < -0.39 is 17.8 Å². The summed E-state index contributed by atoms with van der Waals surface area (Å²) in [6, 6.07) is 4.25. The SMILES string of the molecule is NC(=NCCI)c1ccc(C(=O)O)c(N=NN2C(=O)CCC2=O)c1. The van der Waals surface area contributed by atoms with E-state index in [1.807, 2.05) is 0 Å². The highest BCUT2D eigenvalue weighted by Crippen LogP contribution is 2.23. The summed E-state index contributed by atoms with van der Waals surface area (Å²) in [4.78, 5) is 38.5. The van der Waals surface area contributed by atoms with Gasteiger partial charge in [-0.05, 0) is 12.1 Å². The Balaban J connectivity index is 2.37. The van der Waals surface area contributed by atoms with Crippen molar-refractivity contribution in [1.29, 1.82) is 0 Å². The molecule has 9 nitrogen and oxygen atoms in total. The van der Waals surface area contributed by atoms with Gasteiger partial charge in [0, 0.05) is 22.8 Å². The van der Waals surface area contributed by atoms with E-state index in [-0.39, 0.29) is 29.9 Å². The van der Waals surface area contributed by atoms with E-state index in [1.165, 1.54) is 18.2 Å². The van der Waals surface area contributed by atoms with Crippen molar-refractivity contribution in [2.45, 2.75) is 12.8 Å². The molecule has 1 aromatic rings. The predicted octanol–water partition coefficient (Wildman–Crippen LogP) is 1.67. The first kappa shape index (κ1) is 18.0. The van der Waals surface area contributed by atoms with Gasteiger partial charge in [0.2, 0.25) is 0 Å². The number of carbonyl (C=O) groups excluding carboxylic acids is 2. The van der Waals surface area contributed by atoms with Crippen molar-refractivity contribution >= 4 is 51.9 Å². The topological polar surface area (TPSA) is 138 Å². The third-order valence-electron chi connectivity index (χ3n) is 3.16. The van der Waals surface area contributed by atoms with E-state index in [1.54, 1.807) is 0 Å². The lowest BCUT2D eigenvalue weighted by atomic mass is 10.1. The molecular weight excluding hydrogens is 429 g/mol. The largest absolute Gasteiger partial charge is 0.478 e. The third kappa shape index (κ3) is 4.13. The number of benzene rings is 1. The Kier molecular flexibility index (Phi) is 5.95. The van der Waals surface area contributed by atoms with Crippen LogP contribution in [0.5, 0.6) is 0 Å². The number of carboxylic acid groups (broad SMARTS) is 1. The summed E-state index contributed by atoms with van der Waals surface area (Å²) in [5.74, 6) is -1.91. The van der Waals surface area contributed by atoms with Crippen LogP contribution in [0.15, 0.2) is 33.5 Å². The highest BCUT2D eigenvalue weighted by Gasteiger charge is 2.29. The summed E-state index contributed by atoms with van der Waals surface area (Å²) in [5.41, 5.74) is 6.20. The molecule has 1 heterocycles. The summed E-state index contributed by atoms with van der Waals surface area (Å²) in [5, 5.41) is 17.2. The highest BCUT2D eigenvalue weighted by atomic mass is 127. The molecule has 0 radical (unpaired) electrons. The second-order valence-electron chi connectivity index (χ2n) is 4.78. The molecule has 0 aromatic heterocycles. The number of hydrogen-bond acceptors (Lipinski definition) is 6. The minimum absolute atomic E-state index is 0.0138. The van der Waals surface area contributed by atoms with Gasteiger partial charge in [-0.3, -0.25) is 14.6 Å². The Morgan fingerprint density at radius 3 is 2.54 bits per heavy atom. The molecule has 1 aromatic carbocycles. The number of rotatable bonds is 6. The summed E-state index contributed by atoms with van der Waals surface area (Å²) >= 11 is 2.16. The van der Waals surface area contributed by atoms with Gasteiger partial charge in [0.15, 0.2) is 0 Å². The van der Waals surface area contributed by atoms with Crippen LogP contribution >= 0.6 is 22.6 Å². The normalized spacial score (nSPS) is 15.5. The molecule has 0 aliphatic carbocycles. The number of alkyl halides is 1. The fraction of sp³-hybridized carbons (Fsp3) is 0.286. The van der Waals surface area contributed by atoms with Gasteiger partial charge >= 0.3 is 5.97 Å². The van der Waals surface area contributed by atoms with E-state index in [0.29, 0.717) is 17.1 Å². The zero-order chi connectivity index (χ0) is 17.7. The molecule has 1 fully saturated rings. The van der Waals surface area contributed by atoms with E-state index in [2.05, 4.69) is 37.9 Å². The maximum Gasteiger partial charge on any atom is 0.337 e. The molecule has 2 rings (SSSR count). The lowest BCUT2D eigenvalue weighted by Gasteiger charge is -2.07. The number of nitrogens with two attached hydrogens (primary N) is 1. The van der Waals surface area contributed by atoms with Gasteiger partial charge < -0.3 is 10.8 Å². The summed E-state index contributed by atoms with van der Waals surface area (Å²) in [6.45, 7) is 0.528. The summed E-state index contributed by atoms with van der Waals surface area (Å²) in [7, 11) is 0. The van der Waals surface area contributed by atoms with E-state index in [9.17, 15) is 19.5 Å². The Labute approximate surface area is 150 Å². The Bertz CT molecular complexity index is 731. The third-order valence-corrected chi connectivity index (χ3v) is 3.64. The standard InChI is InChI=1S/C14H14IN5O4/c15-5-6-17-13(16)8-1-2-9(14(23)24)10(7-8)18-19-20-11(21)3-4-12(20)22/h1-2,7H,3-6H2,(H2,16,17)(H,23,24). The summed E-state index contributed by atoms with van der Waals surface area (Å²) < 4.78 is 0.789. The number of aromatic carboxylic acids is 1. The van der Waals surface area contributed by atoms with Crippen LogP contribution < -0.4 is 5.73 Å². The van der Waals surface area contributed by atoms with Crippen LogP contribution in [-0.2, 0) is 9.59 Å². The van der Waals surface area contributed by atoms with Crippen molar-refractivity contribution in [3.63, 3.8) is 0 Å². The second kappa shape index (κ2) is 7.95. The predicted molar refractivity (Wildman–Crippen MR) is 93.5 cm³/mol. The van der Waals surface area contributed by atoms with E-state index >= 15 is 0 Å². The molecular formula is C14H14IN5O4. The fourth-order valence-electron chi connectivity index (χ4n) is 1.97. The second-order valence-corrected chi connectivity index (χ2v) is 5.86. The van der Waals surface area contributed by atoms with Gasteiger partial charge in [-0.15, -0.1) is 10.1 Å². The van der Waals surface area contributed by atoms with Crippen LogP contribution in [0.4, 0.5) is 5.69 Å². The smallest absolute Gasteiger partial charge is 0.337 e. The number of nitrogens with zero attached hydrogens (tertiary/aromatic N) is 4. The van der Waals surface area contributed by atoms with Crippen LogP contribution in [0, 0.1) is 0 Å². The maximum atomic E-state index is 11.5. The van der Waals surface area contributed by atoms with Crippen molar-refractivity contribution in [1.82, 2.24) is 5.01 Å². The molecule has 126 valence electrons. The van der Waals surface area contributed by atoms with Gasteiger partial charge in [0.25, 0.3) is 11.8 Å². The number of halogens is 1. The van der Waals surface area contributed by atoms with Gasteiger partial charge in [-0.1, -0.05) is 33.9 Å². The molecule has 1 aliphatic rings. The minimum Gasteiger partial charge on any atom is -0.478 e. The molecule has 1 saturated heterocycles. The van der Waals surface area contributed by atoms with Crippen molar-refractivity contribution in [2.75, 3.05) is 11.0 Å². The van der Waals surface area contributed by atoms with Crippen molar-refractivity contribution in [3.05, 3.63) is 29.3 Å². The number of carboxylic acids is 1. The molecule has 24 heavy (non-hydrogen) atoms. The monoisotopic (exact) mass is 443 g/mol. The van der Waals surface area contributed by atoms with Crippen LogP contribution in [-0.4, -0.2) is 44.7 Å². The van der Waals surface area contributed by atoms with Gasteiger partial charge in [-0.25, -0.2) is 4.79 Å². The number of hydrogen-bond donors (Lipinski definition) is 2. The number of amides is 2. The number of imide groups is 1. The molecule has 0 spiro atoms. The molecule has 0 saturated carbocycles. The Morgan fingerprint density at radius 1 is 1.29 bits per heavy atom. The first-order chi connectivity index (χ1) is 11.4. The first-order valence-corrected chi connectivity index (χ1v) is 8.47. The number of amidine groups is 1.